The van der Waals surface area contributed by atoms with Crippen LogP contribution in [0.25, 0.3) is 0 Å². The standard InChI is InChI=1S/C19H19FN2O4/c1-2-26-18(23)16-10-13(9-12-3-5-14(20)6-4-12)15-7-8-22(19(24)25)11-17(15)21-16/h3-6,10H,2,7-9,11H2,1H3,(H,24,25). The van der Waals surface area contributed by atoms with Gasteiger partial charge in [0.05, 0.1) is 18.8 Å². The minimum Gasteiger partial charge on any atom is -0.465 e. The van der Waals surface area contributed by atoms with E-state index in [2.05, 4.69) is 4.98 Å². The number of carbonyl (C=O) groups is 2. The molecule has 6 nitrogen and oxygen atoms in total. The summed E-state index contributed by atoms with van der Waals surface area (Å²) in [6.45, 7) is 2.45. The number of hydrogen-bond acceptors (Lipinski definition) is 4. The Bertz CT molecular complexity index is 836. The minimum atomic E-state index is -1.01. The smallest absolute Gasteiger partial charge is 0.407 e. The monoisotopic (exact) mass is 358 g/mol. The number of hydrogen-bond donors (Lipinski definition) is 1. The molecule has 0 radical (unpaired) electrons. The molecule has 7 heteroatoms. The summed E-state index contributed by atoms with van der Waals surface area (Å²) in [5.74, 6) is -0.849. The van der Waals surface area contributed by atoms with E-state index in [0.717, 1.165) is 16.7 Å². The zero-order valence-corrected chi connectivity index (χ0v) is 14.4. The van der Waals surface area contributed by atoms with Gasteiger partial charge >= 0.3 is 12.1 Å². The van der Waals surface area contributed by atoms with Crippen molar-refractivity contribution in [2.24, 2.45) is 0 Å². The Balaban J connectivity index is 1.99. The predicted octanol–water partition coefficient (Wildman–Crippen LogP) is 3.02. The summed E-state index contributed by atoms with van der Waals surface area (Å²) >= 11 is 0. The van der Waals surface area contributed by atoms with Crippen molar-refractivity contribution in [2.75, 3.05) is 13.2 Å². The highest BCUT2D eigenvalue weighted by molar-refractivity contribution is 5.87. The average Bonchev–Trinajstić information content (AvgIpc) is 2.63. The molecule has 0 bridgehead atoms. The zero-order valence-electron chi connectivity index (χ0n) is 14.4. The van der Waals surface area contributed by atoms with Crippen LogP contribution in [-0.4, -0.2) is 40.2 Å². The number of esters is 1. The number of aromatic nitrogens is 1. The minimum absolute atomic E-state index is 0.133. The summed E-state index contributed by atoms with van der Waals surface area (Å²) in [4.78, 5) is 29.0. The summed E-state index contributed by atoms with van der Waals surface area (Å²) < 4.78 is 18.2. The van der Waals surface area contributed by atoms with Gasteiger partial charge in [0.25, 0.3) is 0 Å². The first-order valence-electron chi connectivity index (χ1n) is 8.39. The van der Waals surface area contributed by atoms with E-state index < -0.39 is 12.1 Å². The van der Waals surface area contributed by atoms with Gasteiger partial charge in [-0.25, -0.2) is 19.0 Å². The summed E-state index contributed by atoms with van der Waals surface area (Å²) in [5.41, 5.74) is 3.46. The maximum absolute atomic E-state index is 13.1. The van der Waals surface area contributed by atoms with Crippen LogP contribution >= 0.6 is 0 Å². The predicted molar refractivity (Wildman–Crippen MR) is 91.5 cm³/mol. The van der Waals surface area contributed by atoms with Gasteiger partial charge in [0, 0.05) is 6.54 Å². The first-order chi connectivity index (χ1) is 12.5. The first kappa shape index (κ1) is 17.8. The van der Waals surface area contributed by atoms with E-state index in [9.17, 15) is 19.1 Å². The van der Waals surface area contributed by atoms with E-state index in [-0.39, 0.29) is 24.7 Å². The van der Waals surface area contributed by atoms with Crippen LogP contribution in [0.15, 0.2) is 30.3 Å². The quantitative estimate of drug-likeness (QED) is 0.850. The number of amides is 1. The largest absolute Gasteiger partial charge is 0.465 e. The Morgan fingerprint density at radius 1 is 1.31 bits per heavy atom. The molecule has 0 saturated heterocycles. The van der Waals surface area contributed by atoms with Crippen LogP contribution in [0, 0.1) is 5.82 Å². The van der Waals surface area contributed by atoms with E-state index in [4.69, 9.17) is 4.74 Å². The molecule has 0 spiro atoms. The van der Waals surface area contributed by atoms with Crippen LogP contribution in [0.4, 0.5) is 9.18 Å². The molecule has 0 saturated carbocycles. The molecule has 1 aliphatic heterocycles. The van der Waals surface area contributed by atoms with Crippen molar-refractivity contribution in [3.8, 4) is 0 Å². The fourth-order valence-corrected chi connectivity index (χ4v) is 3.08. The van der Waals surface area contributed by atoms with Gasteiger partial charge in [0.2, 0.25) is 0 Å². The molecule has 2 aromatic rings. The first-order valence-corrected chi connectivity index (χ1v) is 8.39. The fraction of sp³-hybridized carbons (Fsp3) is 0.316. The van der Waals surface area contributed by atoms with E-state index in [1.165, 1.54) is 17.0 Å². The van der Waals surface area contributed by atoms with Gasteiger partial charge in [0.1, 0.15) is 11.5 Å². The highest BCUT2D eigenvalue weighted by Gasteiger charge is 2.25. The Hall–Kier alpha value is -2.96. The van der Waals surface area contributed by atoms with Crippen molar-refractivity contribution in [1.82, 2.24) is 9.88 Å². The molecule has 3 rings (SSSR count). The number of fused-ring (bicyclic) bond motifs is 1. The lowest BCUT2D eigenvalue weighted by Crippen LogP contribution is -2.36. The summed E-state index contributed by atoms with van der Waals surface area (Å²) in [7, 11) is 0. The summed E-state index contributed by atoms with van der Waals surface area (Å²) in [6.07, 6.45) is 0.0119. The van der Waals surface area contributed by atoms with Crippen molar-refractivity contribution < 1.29 is 23.8 Å². The zero-order chi connectivity index (χ0) is 18.7. The van der Waals surface area contributed by atoms with Crippen LogP contribution in [0.3, 0.4) is 0 Å². The molecule has 1 aromatic carbocycles. The molecule has 1 amide bonds. The van der Waals surface area contributed by atoms with E-state index in [1.54, 1.807) is 25.1 Å². The Labute approximate surface area is 150 Å². The highest BCUT2D eigenvalue weighted by atomic mass is 19.1. The molecule has 26 heavy (non-hydrogen) atoms. The highest BCUT2D eigenvalue weighted by Crippen LogP contribution is 2.25. The Kier molecular flexibility index (Phi) is 5.16. The molecule has 0 fully saturated rings. The van der Waals surface area contributed by atoms with Gasteiger partial charge in [-0.1, -0.05) is 12.1 Å². The molecule has 1 aliphatic rings. The third-order valence-corrected chi connectivity index (χ3v) is 4.34. The molecular weight excluding hydrogens is 339 g/mol. The van der Waals surface area contributed by atoms with Crippen LogP contribution in [-0.2, 0) is 24.1 Å². The molecular formula is C19H19FN2O4. The lowest BCUT2D eigenvalue weighted by molar-refractivity contribution is 0.0518. The van der Waals surface area contributed by atoms with Gasteiger partial charge < -0.3 is 14.7 Å². The molecule has 1 N–H and O–H groups in total. The fourth-order valence-electron chi connectivity index (χ4n) is 3.08. The summed E-state index contributed by atoms with van der Waals surface area (Å²) in [5, 5.41) is 9.23. The van der Waals surface area contributed by atoms with Gasteiger partial charge in [-0.3, -0.25) is 0 Å². The Morgan fingerprint density at radius 3 is 2.69 bits per heavy atom. The summed E-state index contributed by atoms with van der Waals surface area (Å²) in [6, 6.07) is 7.86. The van der Waals surface area contributed by atoms with E-state index in [1.807, 2.05) is 0 Å². The molecule has 1 aromatic heterocycles. The second-order valence-electron chi connectivity index (χ2n) is 6.07. The van der Waals surface area contributed by atoms with Crippen molar-refractivity contribution in [3.05, 3.63) is 64.2 Å². The van der Waals surface area contributed by atoms with E-state index >= 15 is 0 Å². The van der Waals surface area contributed by atoms with Crippen molar-refractivity contribution in [2.45, 2.75) is 26.3 Å². The number of carbonyl (C=O) groups excluding carboxylic acids is 1. The van der Waals surface area contributed by atoms with Gasteiger partial charge in [0.15, 0.2) is 0 Å². The van der Waals surface area contributed by atoms with Gasteiger partial charge in [-0.05, 0) is 54.7 Å². The third-order valence-electron chi connectivity index (χ3n) is 4.34. The number of carboxylic acid groups (broad SMARTS) is 1. The average molecular weight is 358 g/mol. The number of ether oxygens (including phenoxy) is 1. The normalized spacial score (nSPS) is 13.2. The second kappa shape index (κ2) is 7.51. The Morgan fingerprint density at radius 2 is 2.04 bits per heavy atom. The molecule has 136 valence electrons. The number of pyridine rings is 1. The number of halogens is 1. The number of rotatable bonds is 4. The topological polar surface area (TPSA) is 79.7 Å². The van der Waals surface area contributed by atoms with Crippen LogP contribution in [0.2, 0.25) is 0 Å². The third kappa shape index (κ3) is 3.82. The molecule has 2 heterocycles. The molecule has 0 aliphatic carbocycles. The van der Waals surface area contributed by atoms with Crippen molar-refractivity contribution in [3.63, 3.8) is 0 Å². The SMILES string of the molecule is CCOC(=O)c1cc(Cc2ccc(F)cc2)c2c(n1)CN(C(=O)O)CC2. The maximum atomic E-state index is 13.1. The van der Waals surface area contributed by atoms with Crippen LogP contribution in [0.1, 0.15) is 39.8 Å². The van der Waals surface area contributed by atoms with Crippen LogP contribution < -0.4 is 0 Å². The van der Waals surface area contributed by atoms with Crippen LogP contribution in [0.5, 0.6) is 0 Å². The lowest BCUT2D eigenvalue weighted by atomic mass is 9.93. The van der Waals surface area contributed by atoms with Crippen molar-refractivity contribution in [1.29, 1.82) is 0 Å². The number of nitrogens with zero attached hydrogens (tertiary/aromatic N) is 2. The van der Waals surface area contributed by atoms with Gasteiger partial charge in [-0.2, -0.15) is 0 Å². The second-order valence-corrected chi connectivity index (χ2v) is 6.07. The number of benzene rings is 1. The molecule has 0 atom stereocenters. The maximum Gasteiger partial charge on any atom is 0.407 e. The lowest BCUT2D eigenvalue weighted by Gasteiger charge is -2.27. The van der Waals surface area contributed by atoms with E-state index in [0.29, 0.717) is 25.1 Å². The molecule has 0 unspecified atom stereocenters. The van der Waals surface area contributed by atoms with Crippen molar-refractivity contribution >= 4 is 12.1 Å². The van der Waals surface area contributed by atoms with Gasteiger partial charge in [-0.15, -0.1) is 0 Å².